The van der Waals surface area contributed by atoms with Crippen molar-refractivity contribution in [3.05, 3.63) is 28.5 Å². The van der Waals surface area contributed by atoms with Crippen LogP contribution in [0.5, 0.6) is 0 Å². The van der Waals surface area contributed by atoms with Gasteiger partial charge in [-0.1, -0.05) is 13.8 Å². The molecule has 0 spiro atoms. The minimum absolute atomic E-state index is 0.0530. The molecule has 0 bridgehead atoms. The standard InChI is InChI=1S/C14H19BrN2O3/c1-4-20-13(18)9-17(8-10(2)3)14(19)12-6-5-11(15)7-16-12/h5-7,10H,4,8-9H2,1-3H3. The Balaban J connectivity index is 2.83. The van der Waals surface area contributed by atoms with Crippen LogP contribution in [0.3, 0.4) is 0 Å². The smallest absolute Gasteiger partial charge is 0.325 e. The number of rotatable bonds is 6. The SMILES string of the molecule is CCOC(=O)CN(CC(C)C)C(=O)c1ccc(Br)cn1. The maximum absolute atomic E-state index is 12.4. The van der Waals surface area contributed by atoms with Gasteiger partial charge in [0.15, 0.2) is 0 Å². The van der Waals surface area contributed by atoms with Gasteiger partial charge in [-0.15, -0.1) is 0 Å². The molecule has 1 heterocycles. The highest BCUT2D eigenvalue weighted by molar-refractivity contribution is 9.10. The van der Waals surface area contributed by atoms with Crippen molar-refractivity contribution < 1.29 is 14.3 Å². The van der Waals surface area contributed by atoms with E-state index in [0.29, 0.717) is 18.8 Å². The number of nitrogens with zero attached hydrogens (tertiary/aromatic N) is 2. The highest BCUT2D eigenvalue weighted by atomic mass is 79.9. The van der Waals surface area contributed by atoms with Crippen molar-refractivity contribution in [3.8, 4) is 0 Å². The number of hydrogen-bond acceptors (Lipinski definition) is 4. The molecule has 0 fully saturated rings. The molecule has 0 atom stereocenters. The molecule has 1 rings (SSSR count). The van der Waals surface area contributed by atoms with Gasteiger partial charge < -0.3 is 9.64 Å². The average molecular weight is 343 g/mol. The van der Waals surface area contributed by atoms with E-state index >= 15 is 0 Å². The molecule has 20 heavy (non-hydrogen) atoms. The van der Waals surface area contributed by atoms with Gasteiger partial charge in [0.1, 0.15) is 12.2 Å². The molecule has 1 amide bonds. The first-order valence-electron chi connectivity index (χ1n) is 6.50. The molecule has 1 aromatic heterocycles. The molecule has 110 valence electrons. The van der Waals surface area contributed by atoms with Crippen LogP contribution in [0.4, 0.5) is 0 Å². The minimum atomic E-state index is -0.404. The second-order valence-electron chi connectivity index (χ2n) is 4.75. The topological polar surface area (TPSA) is 59.5 Å². The van der Waals surface area contributed by atoms with Gasteiger partial charge in [-0.3, -0.25) is 9.59 Å². The molecule has 0 aromatic carbocycles. The number of ether oxygens (including phenoxy) is 1. The van der Waals surface area contributed by atoms with E-state index in [-0.39, 0.29) is 18.4 Å². The lowest BCUT2D eigenvalue weighted by atomic mass is 10.2. The van der Waals surface area contributed by atoms with Crippen LogP contribution >= 0.6 is 15.9 Å². The Hall–Kier alpha value is -1.43. The molecular weight excluding hydrogens is 324 g/mol. The van der Waals surface area contributed by atoms with Crippen molar-refractivity contribution in [2.24, 2.45) is 5.92 Å². The second kappa shape index (κ2) is 7.99. The molecule has 0 aliphatic rings. The first-order chi connectivity index (χ1) is 9.43. The largest absolute Gasteiger partial charge is 0.465 e. The number of amides is 1. The average Bonchev–Trinajstić information content (AvgIpc) is 2.38. The molecule has 1 aromatic rings. The fourth-order valence-electron chi connectivity index (χ4n) is 1.69. The van der Waals surface area contributed by atoms with Crippen LogP contribution in [0.2, 0.25) is 0 Å². The van der Waals surface area contributed by atoms with E-state index in [2.05, 4.69) is 20.9 Å². The molecule has 0 saturated carbocycles. The molecule has 6 heteroatoms. The van der Waals surface area contributed by atoms with Gasteiger partial charge in [-0.2, -0.15) is 0 Å². The number of esters is 1. The second-order valence-corrected chi connectivity index (χ2v) is 5.66. The van der Waals surface area contributed by atoms with E-state index in [9.17, 15) is 9.59 Å². The summed E-state index contributed by atoms with van der Waals surface area (Å²) in [5.41, 5.74) is 0.318. The zero-order valence-corrected chi connectivity index (χ0v) is 13.5. The molecule has 5 nitrogen and oxygen atoms in total. The van der Waals surface area contributed by atoms with Crippen LogP contribution in [-0.4, -0.2) is 41.5 Å². The number of carbonyl (C=O) groups is 2. The summed E-state index contributed by atoms with van der Waals surface area (Å²) in [6.45, 7) is 6.45. The first kappa shape index (κ1) is 16.6. The van der Waals surface area contributed by atoms with Crippen LogP contribution in [0.25, 0.3) is 0 Å². The molecule has 0 radical (unpaired) electrons. The molecule has 0 aliphatic carbocycles. The van der Waals surface area contributed by atoms with E-state index in [4.69, 9.17) is 4.74 Å². The summed E-state index contributed by atoms with van der Waals surface area (Å²) in [5.74, 6) is -0.415. The van der Waals surface area contributed by atoms with Crippen LogP contribution in [0.15, 0.2) is 22.8 Å². The van der Waals surface area contributed by atoms with Crippen molar-refractivity contribution >= 4 is 27.8 Å². The van der Waals surface area contributed by atoms with Crippen molar-refractivity contribution in [1.82, 2.24) is 9.88 Å². The minimum Gasteiger partial charge on any atom is -0.465 e. The summed E-state index contributed by atoms with van der Waals surface area (Å²) in [7, 11) is 0. The van der Waals surface area contributed by atoms with Gasteiger partial charge >= 0.3 is 5.97 Å². The van der Waals surface area contributed by atoms with Gasteiger partial charge in [0.05, 0.1) is 6.61 Å². The Kier molecular flexibility index (Phi) is 6.64. The fraction of sp³-hybridized carbons (Fsp3) is 0.500. The Morgan fingerprint density at radius 1 is 1.40 bits per heavy atom. The van der Waals surface area contributed by atoms with Crippen LogP contribution < -0.4 is 0 Å². The number of hydrogen-bond donors (Lipinski definition) is 0. The van der Waals surface area contributed by atoms with E-state index in [1.807, 2.05) is 13.8 Å². The molecular formula is C14H19BrN2O3. The van der Waals surface area contributed by atoms with Gasteiger partial charge in [-0.25, -0.2) is 4.98 Å². The Morgan fingerprint density at radius 3 is 2.60 bits per heavy atom. The molecule has 0 unspecified atom stereocenters. The molecule has 0 aliphatic heterocycles. The third-order valence-corrected chi connectivity index (χ3v) is 2.91. The molecule has 0 N–H and O–H groups in total. The van der Waals surface area contributed by atoms with Crippen molar-refractivity contribution in [2.45, 2.75) is 20.8 Å². The van der Waals surface area contributed by atoms with Crippen LogP contribution in [0, 0.1) is 5.92 Å². The van der Waals surface area contributed by atoms with Crippen molar-refractivity contribution in [1.29, 1.82) is 0 Å². The maximum Gasteiger partial charge on any atom is 0.325 e. The predicted octanol–water partition coefficient (Wildman–Crippen LogP) is 2.51. The number of halogens is 1. The van der Waals surface area contributed by atoms with Crippen molar-refractivity contribution in [2.75, 3.05) is 19.7 Å². The summed E-state index contributed by atoms with van der Waals surface area (Å²) in [4.78, 5) is 29.5. The molecule has 0 saturated heterocycles. The summed E-state index contributed by atoms with van der Waals surface area (Å²) in [6.07, 6.45) is 1.56. The summed E-state index contributed by atoms with van der Waals surface area (Å²) >= 11 is 3.27. The van der Waals surface area contributed by atoms with Gasteiger partial charge in [-0.05, 0) is 40.9 Å². The number of aromatic nitrogens is 1. The Bertz CT molecular complexity index is 460. The lowest BCUT2D eigenvalue weighted by Crippen LogP contribution is -2.39. The third-order valence-electron chi connectivity index (χ3n) is 2.44. The van der Waals surface area contributed by atoms with Crippen LogP contribution in [-0.2, 0) is 9.53 Å². The van der Waals surface area contributed by atoms with E-state index in [0.717, 1.165) is 4.47 Å². The quantitative estimate of drug-likeness (QED) is 0.745. The Labute approximate surface area is 127 Å². The van der Waals surface area contributed by atoms with E-state index < -0.39 is 5.97 Å². The lowest BCUT2D eigenvalue weighted by molar-refractivity contribution is -0.143. The summed E-state index contributed by atoms with van der Waals surface area (Å²) in [6, 6.07) is 3.38. The van der Waals surface area contributed by atoms with E-state index in [1.54, 1.807) is 25.3 Å². The van der Waals surface area contributed by atoms with Crippen molar-refractivity contribution in [3.63, 3.8) is 0 Å². The lowest BCUT2D eigenvalue weighted by Gasteiger charge is -2.23. The fourth-order valence-corrected chi connectivity index (χ4v) is 1.92. The van der Waals surface area contributed by atoms with Gasteiger partial charge in [0, 0.05) is 17.2 Å². The normalized spacial score (nSPS) is 10.4. The summed E-state index contributed by atoms with van der Waals surface area (Å²) < 4.78 is 5.70. The zero-order valence-electron chi connectivity index (χ0n) is 11.9. The van der Waals surface area contributed by atoms with Crippen LogP contribution in [0.1, 0.15) is 31.3 Å². The first-order valence-corrected chi connectivity index (χ1v) is 7.29. The maximum atomic E-state index is 12.4. The Morgan fingerprint density at radius 2 is 2.10 bits per heavy atom. The summed E-state index contributed by atoms with van der Waals surface area (Å²) in [5, 5.41) is 0. The predicted molar refractivity (Wildman–Crippen MR) is 79.3 cm³/mol. The monoisotopic (exact) mass is 342 g/mol. The van der Waals surface area contributed by atoms with Gasteiger partial charge in [0.2, 0.25) is 0 Å². The number of carbonyl (C=O) groups excluding carboxylic acids is 2. The van der Waals surface area contributed by atoms with E-state index in [1.165, 1.54) is 4.90 Å². The van der Waals surface area contributed by atoms with Gasteiger partial charge in [0.25, 0.3) is 5.91 Å². The third kappa shape index (κ3) is 5.28. The highest BCUT2D eigenvalue weighted by Gasteiger charge is 2.21. The zero-order chi connectivity index (χ0) is 15.1. The number of pyridine rings is 1. The highest BCUT2D eigenvalue weighted by Crippen LogP contribution is 2.10.